The summed E-state index contributed by atoms with van der Waals surface area (Å²) in [7, 11) is 1.98. The van der Waals surface area contributed by atoms with Crippen LogP contribution in [0.1, 0.15) is 31.2 Å². The second-order valence-corrected chi connectivity index (χ2v) is 6.30. The maximum atomic E-state index is 5.44. The SMILES string of the molecule is CCNC(=NCC1CCOC1)N1CCC(c2cnn(C)c2)C1.I. The Bertz CT molecular complexity index is 512. The van der Waals surface area contributed by atoms with Crippen molar-refractivity contribution in [3.8, 4) is 0 Å². The normalized spacial score (nSPS) is 24.8. The van der Waals surface area contributed by atoms with Crippen molar-refractivity contribution < 1.29 is 4.74 Å². The van der Waals surface area contributed by atoms with Crippen LogP contribution in [-0.4, -0.2) is 60.0 Å². The van der Waals surface area contributed by atoms with Gasteiger partial charge >= 0.3 is 0 Å². The molecule has 2 unspecified atom stereocenters. The maximum Gasteiger partial charge on any atom is 0.193 e. The van der Waals surface area contributed by atoms with E-state index in [-0.39, 0.29) is 24.0 Å². The van der Waals surface area contributed by atoms with E-state index < -0.39 is 0 Å². The molecular formula is C16H28IN5O. The monoisotopic (exact) mass is 433 g/mol. The van der Waals surface area contributed by atoms with Gasteiger partial charge in [-0.2, -0.15) is 5.10 Å². The highest BCUT2D eigenvalue weighted by molar-refractivity contribution is 14.0. The second kappa shape index (κ2) is 8.86. The Morgan fingerprint density at radius 1 is 1.48 bits per heavy atom. The molecule has 23 heavy (non-hydrogen) atoms. The van der Waals surface area contributed by atoms with E-state index in [1.165, 1.54) is 12.0 Å². The van der Waals surface area contributed by atoms with Crippen LogP contribution in [0.15, 0.2) is 17.4 Å². The molecule has 3 rings (SSSR count). The van der Waals surface area contributed by atoms with Crippen LogP contribution in [0.4, 0.5) is 0 Å². The molecule has 2 fully saturated rings. The standard InChI is InChI=1S/C16H27N5O.HI/c1-3-17-16(18-8-13-5-7-22-12-13)21-6-4-14(11-21)15-9-19-20(2)10-15;/h9-10,13-14H,3-8,11-12H2,1-2H3,(H,17,18);1H. The molecule has 2 saturated heterocycles. The van der Waals surface area contributed by atoms with Crippen molar-refractivity contribution in [1.82, 2.24) is 20.0 Å². The van der Waals surface area contributed by atoms with Crippen molar-refractivity contribution in [1.29, 1.82) is 0 Å². The summed E-state index contributed by atoms with van der Waals surface area (Å²) < 4.78 is 7.33. The van der Waals surface area contributed by atoms with E-state index in [0.29, 0.717) is 11.8 Å². The number of guanidine groups is 1. The van der Waals surface area contributed by atoms with Crippen molar-refractivity contribution >= 4 is 29.9 Å². The summed E-state index contributed by atoms with van der Waals surface area (Å²) in [6, 6.07) is 0. The molecule has 0 amide bonds. The summed E-state index contributed by atoms with van der Waals surface area (Å²) in [5.74, 6) is 2.21. The molecule has 2 atom stereocenters. The lowest BCUT2D eigenvalue weighted by molar-refractivity contribution is 0.187. The van der Waals surface area contributed by atoms with Gasteiger partial charge in [-0.1, -0.05) is 0 Å². The van der Waals surface area contributed by atoms with Crippen LogP contribution >= 0.6 is 24.0 Å². The summed E-state index contributed by atoms with van der Waals surface area (Å²) in [5, 5.41) is 7.73. The minimum atomic E-state index is 0. The highest BCUT2D eigenvalue weighted by Gasteiger charge is 2.27. The molecule has 0 bridgehead atoms. The number of hydrogen-bond acceptors (Lipinski definition) is 3. The number of hydrogen-bond donors (Lipinski definition) is 1. The predicted molar refractivity (Wildman–Crippen MR) is 102 cm³/mol. The topological polar surface area (TPSA) is 54.7 Å². The Morgan fingerprint density at radius 2 is 2.35 bits per heavy atom. The Morgan fingerprint density at radius 3 is 3.00 bits per heavy atom. The van der Waals surface area contributed by atoms with Crippen LogP contribution < -0.4 is 5.32 Å². The molecule has 0 saturated carbocycles. The Kier molecular flexibility index (Phi) is 7.13. The summed E-state index contributed by atoms with van der Waals surface area (Å²) in [4.78, 5) is 7.23. The van der Waals surface area contributed by atoms with Crippen molar-refractivity contribution in [3.05, 3.63) is 18.0 Å². The first kappa shape index (κ1) is 18.5. The quantitative estimate of drug-likeness (QED) is 0.447. The molecule has 0 radical (unpaired) electrons. The smallest absolute Gasteiger partial charge is 0.193 e. The van der Waals surface area contributed by atoms with Gasteiger partial charge < -0.3 is 15.0 Å². The fraction of sp³-hybridized carbons (Fsp3) is 0.750. The predicted octanol–water partition coefficient (Wildman–Crippen LogP) is 1.83. The van der Waals surface area contributed by atoms with Gasteiger partial charge in [0.2, 0.25) is 0 Å². The van der Waals surface area contributed by atoms with E-state index in [1.54, 1.807) is 0 Å². The lowest BCUT2D eigenvalue weighted by Gasteiger charge is -2.22. The fourth-order valence-electron chi connectivity index (χ4n) is 3.24. The van der Waals surface area contributed by atoms with Crippen molar-refractivity contribution in [2.45, 2.75) is 25.7 Å². The Balaban J connectivity index is 0.00000192. The highest BCUT2D eigenvalue weighted by atomic mass is 127. The summed E-state index contributed by atoms with van der Waals surface area (Å²) >= 11 is 0. The second-order valence-electron chi connectivity index (χ2n) is 6.30. The van der Waals surface area contributed by atoms with Gasteiger partial charge in [0, 0.05) is 57.9 Å². The van der Waals surface area contributed by atoms with Gasteiger partial charge in [0.05, 0.1) is 12.8 Å². The zero-order valence-electron chi connectivity index (χ0n) is 14.1. The number of nitrogens with zero attached hydrogens (tertiary/aromatic N) is 4. The molecule has 2 aliphatic rings. The van der Waals surface area contributed by atoms with E-state index >= 15 is 0 Å². The molecule has 1 aromatic rings. The average molecular weight is 433 g/mol. The van der Waals surface area contributed by atoms with Crippen molar-refractivity contribution in [3.63, 3.8) is 0 Å². The highest BCUT2D eigenvalue weighted by Crippen LogP contribution is 2.26. The lowest BCUT2D eigenvalue weighted by atomic mass is 10.0. The lowest BCUT2D eigenvalue weighted by Crippen LogP contribution is -2.40. The first-order chi connectivity index (χ1) is 10.8. The molecule has 7 heteroatoms. The van der Waals surface area contributed by atoms with Crippen LogP contribution in [0.5, 0.6) is 0 Å². The largest absolute Gasteiger partial charge is 0.381 e. The van der Waals surface area contributed by atoms with E-state index in [1.807, 2.05) is 17.9 Å². The number of aliphatic imine (C=N–C) groups is 1. The van der Waals surface area contributed by atoms with Gasteiger partial charge in [-0.25, -0.2) is 0 Å². The van der Waals surface area contributed by atoms with Crippen molar-refractivity contribution in [2.24, 2.45) is 18.0 Å². The number of aryl methyl sites for hydroxylation is 1. The molecule has 6 nitrogen and oxygen atoms in total. The number of aromatic nitrogens is 2. The van der Waals surface area contributed by atoms with Gasteiger partial charge in [-0.15, -0.1) is 24.0 Å². The number of rotatable bonds is 4. The van der Waals surface area contributed by atoms with Crippen LogP contribution in [-0.2, 0) is 11.8 Å². The third-order valence-corrected chi connectivity index (χ3v) is 4.54. The average Bonchev–Trinajstić information content (AvgIpc) is 3.24. The maximum absolute atomic E-state index is 5.44. The van der Waals surface area contributed by atoms with Crippen LogP contribution in [0.2, 0.25) is 0 Å². The van der Waals surface area contributed by atoms with E-state index in [4.69, 9.17) is 9.73 Å². The number of likely N-dealkylation sites (tertiary alicyclic amines) is 1. The number of nitrogens with one attached hydrogen (secondary N) is 1. The van der Waals surface area contributed by atoms with E-state index in [9.17, 15) is 0 Å². The van der Waals surface area contributed by atoms with E-state index in [0.717, 1.165) is 51.8 Å². The van der Waals surface area contributed by atoms with Gasteiger partial charge in [-0.05, 0) is 25.3 Å². The van der Waals surface area contributed by atoms with Crippen molar-refractivity contribution in [2.75, 3.05) is 39.4 Å². The third-order valence-electron chi connectivity index (χ3n) is 4.54. The molecule has 2 aliphatic heterocycles. The number of halogens is 1. The molecule has 130 valence electrons. The molecule has 1 aromatic heterocycles. The number of ether oxygens (including phenoxy) is 1. The molecule has 0 aromatic carbocycles. The van der Waals surface area contributed by atoms with Gasteiger partial charge in [0.1, 0.15) is 0 Å². The zero-order valence-corrected chi connectivity index (χ0v) is 16.4. The van der Waals surface area contributed by atoms with Crippen LogP contribution in [0.3, 0.4) is 0 Å². The Hall–Kier alpha value is -0.830. The zero-order chi connectivity index (χ0) is 15.4. The summed E-state index contributed by atoms with van der Waals surface area (Å²) in [5.41, 5.74) is 1.34. The molecule has 0 spiro atoms. The molecule has 3 heterocycles. The van der Waals surface area contributed by atoms with Gasteiger partial charge in [0.25, 0.3) is 0 Å². The van der Waals surface area contributed by atoms with Crippen LogP contribution in [0, 0.1) is 5.92 Å². The Labute approximate surface area is 155 Å². The molecule has 0 aliphatic carbocycles. The van der Waals surface area contributed by atoms with Crippen LogP contribution in [0.25, 0.3) is 0 Å². The third kappa shape index (κ3) is 4.82. The molecule has 1 N–H and O–H groups in total. The van der Waals surface area contributed by atoms with Gasteiger partial charge in [-0.3, -0.25) is 9.67 Å². The van der Waals surface area contributed by atoms with Gasteiger partial charge in [0.15, 0.2) is 5.96 Å². The van der Waals surface area contributed by atoms with E-state index in [2.05, 4.69) is 28.4 Å². The minimum absolute atomic E-state index is 0. The first-order valence-electron chi connectivity index (χ1n) is 8.35. The summed E-state index contributed by atoms with van der Waals surface area (Å²) in [6.45, 7) is 7.75. The fourth-order valence-corrected chi connectivity index (χ4v) is 3.24. The minimum Gasteiger partial charge on any atom is -0.381 e. The first-order valence-corrected chi connectivity index (χ1v) is 8.35. The summed E-state index contributed by atoms with van der Waals surface area (Å²) in [6.07, 6.45) is 6.44. The molecular weight excluding hydrogens is 405 g/mol.